The van der Waals surface area contributed by atoms with Gasteiger partial charge >= 0.3 is 5.97 Å². The van der Waals surface area contributed by atoms with E-state index in [0.717, 1.165) is 12.8 Å². The van der Waals surface area contributed by atoms with Crippen LogP contribution in [-0.4, -0.2) is 11.1 Å². The van der Waals surface area contributed by atoms with Gasteiger partial charge in [0.2, 0.25) is 0 Å². The van der Waals surface area contributed by atoms with Crippen molar-refractivity contribution in [2.45, 2.75) is 33.6 Å². The molecule has 1 N–H and O–H groups in total. The fourth-order valence-electron chi connectivity index (χ4n) is 0.707. The van der Waals surface area contributed by atoms with E-state index in [1.807, 2.05) is 0 Å². The first kappa shape index (κ1) is 9.47. The molecule has 10 heavy (non-hydrogen) atoms. The molecule has 1 atom stereocenters. The van der Waals surface area contributed by atoms with Crippen LogP contribution >= 0.6 is 0 Å². The van der Waals surface area contributed by atoms with E-state index in [2.05, 4.69) is 13.8 Å². The third-order valence-electron chi connectivity index (χ3n) is 1.60. The molecular formula is C8H16O2. The third-order valence-corrected chi connectivity index (χ3v) is 1.60. The lowest BCUT2D eigenvalue weighted by Crippen LogP contribution is -2.09. The fourth-order valence-corrected chi connectivity index (χ4v) is 0.707. The highest BCUT2D eigenvalue weighted by Crippen LogP contribution is 2.11. The summed E-state index contributed by atoms with van der Waals surface area (Å²) < 4.78 is 0. The molecule has 0 radical (unpaired) electrons. The van der Waals surface area contributed by atoms with Crippen LogP contribution in [0.1, 0.15) is 33.6 Å². The maximum absolute atomic E-state index is 10.3. The van der Waals surface area contributed by atoms with E-state index in [1.165, 1.54) is 0 Å². The standard InChI is InChI=1S/C8H16O2/c1-6(2)4-5-7(3)8(9)10/h6-7H,4-5H2,1-3H3,(H,9,10)/t7-/m1/s1. The van der Waals surface area contributed by atoms with Gasteiger partial charge in [-0.25, -0.2) is 0 Å². The van der Waals surface area contributed by atoms with Gasteiger partial charge < -0.3 is 5.11 Å². The minimum Gasteiger partial charge on any atom is -0.481 e. The third kappa shape index (κ3) is 4.36. The lowest BCUT2D eigenvalue weighted by atomic mass is 10.00. The van der Waals surface area contributed by atoms with E-state index in [0.29, 0.717) is 5.92 Å². The molecule has 0 saturated carbocycles. The molecule has 0 rings (SSSR count). The van der Waals surface area contributed by atoms with Gasteiger partial charge in [-0.1, -0.05) is 27.2 Å². The quantitative estimate of drug-likeness (QED) is 0.656. The first-order chi connectivity index (χ1) is 4.54. The summed E-state index contributed by atoms with van der Waals surface area (Å²) in [4.78, 5) is 10.3. The average molecular weight is 144 g/mol. The van der Waals surface area contributed by atoms with Crippen molar-refractivity contribution in [2.75, 3.05) is 0 Å². The summed E-state index contributed by atoms with van der Waals surface area (Å²) in [7, 11) is 0. The van der Waals surface area contributed by atoms with Crippen LogP contribution in [0.3, 0.4) is 0 Å². The molecule has 0 fully saturated rings. The smallest absolute Gasteiger partial charge is 0.306 e. The summed E-state index contributed by atoms with van der Waals surface area (Å²) in [6.45, 7) is 5.97. The molecule has 0 aliphatic rings. The van der Waals surface area contributed by atoms with Crippen LogP contribution < -0.4 is 0 Å². The monoisotopic (exact) mass is 144 g/mol. The Hall–Kier alpha value is -0.530. The van der Waals surface area contributed by atoms with Crippen molar-refractivity contribution >= 4 is 5.97 Å². The van der Waals surface area contributed by atoms with Crippen molar-refractivity contribution in [1.82, 2.24) is 0 Å². The predicted molar refractivity (Wildman–Crippen MR) is 40.9 cm³/mol. The van der Waals surface area contributed by atoms with Crippen molar-refractivity contribution in [3.05, 3.63) is 0 Å². The molecule has 2 nitrogen and oxygen atoms in total. The Morgan fingerprint density at radius 2 is 1.80 bits per heavy atom. The summed E-state index contributed by atoms with van der Waals surface area (Å²) in [5.41, 5.74) is 0. The maximum Gasteiger partial charge on any atom is 0.306 e. The zero-order valence-electron chi connectivity index (χ0n) is 6.92. The molecule has 0 unspecified atom stereocenters. The lowest BCUT2D eigenvalue weighted by Gasteiger charge is -2.07. The summed E-state index contributed by atoms with van der Waals surface area (Å²) in [5, 5.41) is 8.49. The summed E-state index contributed by atoms with van der Waals surface area (Å²) in [5.74, 6) is -0.246. The molecule has 0 aromatic rings. The van der Waals surface area contributed by atoms with Gasteiger partial charge in [-0.15, -0.1) is 0 Å². The number of carboxylic acid groups (broad SMARTS) is 1. The predicted octanol–water partition coefficient (Wildman–Crippen LogP) is 2.14. The first-order valence-electron chi connectivity index (χ1n) is 3.76. The van der Waals surface area contributed by atoms with Gasteiger partial charge in [-0.3, -0.25) is 4.79 Å². The molecule has 60 valence electrons. The van der Waals surface area contributed by atoms with Crippen LogP contribution in [0.5, 0.6) is 0 Å². The number of rotatable bonds is 4. The van der Waals surface area contributed by atoms with Gasteiger partial charge in [-0.05, 0) is 12.3 Å². The van der Waals surface area contributed by atoms with Crippen LogP contribution in [0.2, 0.25) is 0 Å². The molecule has 0 heterocycles. The van der Waals surface area contributed by atoms with Gasteiger partial charge in [0.1, 0.15) is 0 Å². The SMILES string of the molecule is CC(C)CC[C@@H](C)C(=O)O. The molecular weight excluding hydrogens is 128 g/mol. The number of carboxylic acids is 1. The fraction of sp³-hybridized carbons (Fsp3) is 0.875. The highest BCUT2D eigenvalue weighted by atomic mass is 16.4. The van der Waals surface area contributed by atoms with Crippen molar-refractivity contribution in [3.8, 4) is 0 Å². The molecule has 0 aliphatic carbocycles. The van der Waals surface area contributed by atoms with Crippen LogP contribution in [0.4, 0.5) is 0 Å². The molecule has 0 aromatic heterocycles. The van der Waals surface area contributed by atoms with E-state index < -0.39 is 5.97 Å². The second-order valence-electron chi connectivity index (χ2n) is 3.21. The molecule has 2 heteroatoms. The molecule has 0 bridgehead atoms. The number of aliphatic carboxylic acids is 1. The minimum atomic E-state index is -0.680. The number of hydrogen-bond acceptors (Lipinski definition) is 1. The summed E-state index contributed by atoms with van der Waals surface area (Å²) in [6, 6.07) is 0. The van der Waals surface area contributed by atoms with Crippen molar-refractivity contribution in [2.24, 2.45) is 11.8 Å². The van der Waals surface area contributed by atoms with Gasteiger partial charge in [0.25, 0.3) is 0 Å². The van der Waals surface area contributed by atoms with Crippen molar-refractivity contribution < 1.29 is 9.90 Å². The highest BCUT2D eigenvalue weighted by Gasteiger charge is 2.10. The van der Waals surface area contributed by atoms with E-state index in [1.54, 1.807) is 6.92 Å². The molecule has 0 spiro atoms. The second-order valence-corrected chi connectivity index (χ2v) is 3.21. The maximum atomic E-state index is 10.3. The van der Waals surface area contributed by atoms with Crippen LogP contribution in [0.25, 0.3) is 0 Å². The Morgan fingerprint density at radius 3 is 2.10 bits per heavy atom. The average Bonchev–Trinajstić information content (AvgIpc) is 1.82. The van der Waals surface area contributed by atoms with Crippen LogP contribution in [0, 0.1) is 11.8 Å². The van der Waals surface area contributed by atoms with E-state index >= 15 is 0 Å². The lowest BCUT2D eigenvalue weighted by molar-refractivity contribution is -0.141. The Balaban J connectivity index is 3.40. The Bertz CT molecular complexity index is 108. The van der Waals surface area contributed by atoms with Gasteiger partial charge in [0.15, 0.2) is 0 Å². The second kappa shape index (κ2) is 4.31. The Morgan fingerprint density at radius 1 is 1.30 bits per heavy atom. The summed E-state index contributed by atoms with van der Waals surface area (Å²) >= 11 is 0. The largest absolute Gasteiger partial charge is 0.481 e. The van der Waals surface area contributed by atoms with Crippen LogP contribution in [0.15, 0.2) is 0 Å². The van der Waals surface area contributed by atoms with Crippen molar-refractivity contribution in [3.63, 3.8) is 0 Å². The van der Waals surface area contributed by atoms with Gasteiger partial charge in [0.05, 0.1) is 5.92 Å². The van der Waals surface area contributed by atoms with E-state index in [4.69, 9.17) is 5.11 Å². The minimum absolute atomic E-state index is 0.178. The Labute approximate surface area is 62.2 Å². The highest BCUT2D eigenvalue weighted by molar-refractivity contribution is 5.69. The number of carbonyl (C=O) groups is 1. The zero-order chi connectivity index (χ0) is 8.15. The van der Waals surface area contributed by atoms with E-state index in [-0.39, 0.29) is 5.92 Å². The molecule has 0 saturated heterocycles. The van der Waals surface area contributed by atoms with Gasteiger partial charge in [0, 0.05) is 0 Å². The van der Waals surface area contributed by atoms with Gasteiger partial charge in [-0.2, -0.15) is 0 Å². The summed E-state index contributed by atoms with van der Waals surface area (Å²) in [6.07, 6.45) is 1.81. The molecule has 0 aliphatic heterocycles. The van der Waals surface area contributed by atoms with Crippen molar-refractivity contribution in [1.29, 1.82) is 0 Å². The molecule has 0 amide bonds. The first-order valence-corrected chi connectivity index (χ1v) is 3.76. The van der Waals surface area contributed by atoms with E-state index in [9.17, 15) is 4.79 Å². The normalized spacial score (nSPS) is 13.6. The van der Waals surface area contributed by atoms with Crippen LogP contribution in [-0.2, 0) is 4.79 Å². The molecule has 0 aromatic carbocycles. The topological polar surface area (TPSA) is 37.3 Å². The zero-order valence-corrected chi connectivity index (χ0v) is 6.92. The number of hydrogen-bond donors (Lipinski definition) is 1. The Kier molecular flexibility index (Phi) is 4.08.